The number of fused-ring (bicyclic) bond motifs is 1. The molecular formula is C29H22Cl2O8Pt. The maximum Gasteiger partial charge on any atom is 4.00 e. The number of halogens is 2. The minimum absolute atomic E-state index is 0. The first-order valence-electron chi connectivity index (χ1n) is 11.8. The molecule has 11 heteroatoms. The molecule has 0 aliphatic heterocycles. The molecule has 5 aromatic rings. The molecule has 2 atom stereocenters. The molecule has 0 radical (unpaired) electrons. The van der Waals surface area contributed by atoms with Crippen LogP contribution in [-0.4, -0.2) is 30.7 Å². The van der Waals surface area contributed by atoms with E-state index in [2.05, 4.69) is 0 Å². The molecule has 40 heavy (non-hydrogen) atoms. The number of carbonyl (C=O) groups is 1. The first-order chi connectivity index (χ1) is 17.4. The van der Waals surface area contributed by atoms with Crippen LogP contribution in [-0.2, 0) is 32.3 Å². The molecule has 0 saturated carbocycles. The van der Waals surface area contributed by atoms with Gasteiger partial charge in [-0.15, -0.1) is 0 Å². The first-order valence-corrected chi connectivity index (χ1v) is 11.8. The second-order valence-electron chi connectivity index (χ2n) is 10.1. The van der Waals surface area contributed by atoms with Crippen LogP contribution in [0.25, 0.3) is 43.1 Å². The smallest absolute Gasteiger partial charge is 1.00 e. The second-order valence-corrected chi connectivity index (χ2v) is 10.1. The van der Waals surface area contributed by atoms with E-state index < -0.39 is 33.9 Å². The van der Waals surface area contributed by atoms with E-state index in [0.29, 0.717) is 38.1 Å². The van der Waals surface area contributed by atoms with Crippen LogP contribution in [0.4, 0.5) is 0 Å². The molecule has 0 saturated heterocycles. The molecule has 5 aromatic carbocycles. The molecule has 1 N–H and O–H groups in total. The fourth-order valence-electron chi connectivity index (χ4n) is 6.64. The van der Waals surface area contributed by atoms with Crippen molar-refractivity contribution in [3.63, 3.8) is 0 Å². The zero-order valence-corrected chi connectivity index (χ0v) is 25.7. The SMILES string of the molecule is COc1cc([O-])c2c(=O)cc3c4c5c(c(C)c([O-])c6c(=O)cc(OC)c(c1c24)c65)C(C(C)=O)C(C)(O)C3.[Cl-].[Cl-].[Pt+4]. The van der Waals surface area contributed by atoms with Crippen LogP contribution < -0.4 is 55.4 Å². The Kier molecular flexibility index (Phi) is 8.05. The third-order valence-electron chi connectivity index (χ3n) is 7.93. The first kappa shape index (κ1) is 31.6. The van der Waals surface area contributed by atoms with Gasteiger partial charge in [-0.2, -0.15) is 0 Å². The fraction of sp³-hybridized carbons (Fsp3) is 0.276. The second kappa shape index (κ2) is 10.2. The summed E-state index contributed by atoms with van der Waals surface area (Å²) in [4.78, 5) is 39.7. The number of benzene rings is 5. The van der Waals surface area contributed by atoms with Crippen molar-refractivity contribution in [1.29, 1.82) is 0 Å². The van der Waals surface area contributed by atoms with E-state index in [1.807, 2.05) is 0 Å². The summed E-state index contributed by atoms with van der Waals surface area (Å²) < 4.78 is 11.2. The van der Waals surface area contributed by atoms with Gasteiger partial charge in [0.05, 0.1) is 25.7 Å². The Morgan fingerprint density at radius 1 is 0.875 bits per heavy atom. The summed E-state index contributed by atoms with van der Waals surface area (Å²) in [5.74, 6) is -2.29. The van der Waals surface area contributed by atoms with Crippen LogP contribution >= 0.6 is 0 Å². The standard InChI is InChI=1S/C29H24O8.2ClH.Pt/c1-10-18-24-19-12(9-29(3,35)27(18)11(2)30)6-13(31)20-14(32)7-16(36-4)22(25(19)20)23-17(37-5)8-15(33)21(26(23)24)28(10)34;;;/h6-8,27,32,34-35H,9H2,1-5H3;2*1H;/q;;;+4/p-4. The molecule has 2 unspecified atom stereocenters. The van der Waals surface area contributed by atoms with Gasteiger partial charge in [-0.1, -0.05) is 17.1 Å². The summed E-state index contributed by atoms with van der Waals surface area (Å²) in [6.45, 7) is 4.37. The molecule has 0 bridgehead atoms. The van der Waals surface area contributed by atoms with E-state index >= 15 is 0 Å². The maximum atomic E-state index is 13.7. The van der Waals surface area contributed by atoms with Crippen LogP contribution in [0, 0.1) is 6.92 Å². The van der Waals surface area contributed by atoms with E-state index in [1.165, 1.54) is 53.2 Å². The molecule has 0 aromatic heterocycles. The normalized spacial score (nSPS) is 17.9. The Morgan fingerprint density at radius 3 is 1.95 bits per heavy atom. The Bertz CT molecular complexity index is 1970. The number of aliphatic hydroxyl groups is 1. The maximum absolute atomic E-state index is 13.7. The van der Waals surface area contributed by atoms with Gasteiger partial charge in [0.25, 0.3) is 0 Å². The molecule has 0 heterocycles. The summed E-state index contributed by atoms with van der Waals surface area (Å²) in [6, 6.07) is 3.74. The molecule has 1 aliphatic carbocycles. The Morgan fingerprint density at radius 2 is 1.40 bits per heavy atom. The van der Waals surface area contributed by atoms with Crippen molar-refractivity contribution in [2.45, 2.75) is 38.7 Å². The van der Waals surface area contributed by atoms with Gasteiger partial charge < -0.3 is 49.6 Å². The zero-order valence-electron chi connectivity index (χ0n) is 21.9. The van der Waals surface area contributed by atoms with E-state index in [0.717, 1.165) is 0 Å². The summed E-state index contributed by atoms with van der Waals surface area (Å²) >= 11 is 0. The molecule has 0 amide bonds. The quantitative estimate of drug-likeness (QED) is 0.147. The zero-order chi connectivity index (χ0) is 26.7. The molecule has 0 fully saturated rings. The predicted molar refractivity (Wildman–Crippen MR) is 136 cm³/mol. The monoisotopic (exact) mass is 763 g/mol. The summed E-state index contributed by atoms with van der Waals surface area (Å²) in [5.41, 5.74) is -1.87. The van der Waals surface area contributed by atoms with Crippen LogP contribution in [0.2, 0.25) is 0 Å². The number of ether oxygens (including phenoxy) is 2. The van der Waals surface area contributed by atoms with Crippen molar-refractivity contribution in [2.75, 3.05) is 14.2 Å². The van der Waals surface area contributed by atoms with Gasteiger partial charge in [0.1, 0.15) is 17.3 Å². The minimum atomic E-state index is -1.67. The third-order valence-corrected chi connectivity index (χ3v) is 7.93. The third kappa shape index (κ3) is 3.77. The molecular weight excluding hydrogens is 742 g/mol. The van der Waals surface area contributed by atoms with Gasteiger partial charge in [-0.3, -0.25) is 14.4 Å². The van der Waals surface area contributed by atoms with Crippen LogP contribution in [0.5, 0.6) is 23.0 Å². The molecule has 8 nitrogen and oxygen atoms in total. The van der Waals surface area contributed by atoms with Crippen molar-refractivity contribution in [2.24, 2.45) is 0 Å². The summed E-state index contributed by atoms with van der Waals surface area (Å²) in [6.07, 6.45) is -0.0874. The Hall–Kier alpha value is -2.90. The number of methoxy groups -OCH3 is 2. The van der Waals surface area contributed by atoms with Crippen LogP contribution in [0.1, 0.15) is 36.5 Å². The topological polar surface area (TPSA) is 136 Å². The van der Waals surface area contributed by atoms with E-state index in [1.54, 1.807) is 0 Å². The van der Waals surface area contributed by atoms with Crippen LogP contribution in [0.15, 0.2) is 27.8 Å². The van der Waals surface area contributed by atoms with Crippen molar-refractivity contribution < 1.29 is 75.5 Å². The molecule has 6 rings (SSSR count). The van der Waals surface area contributed by atoms with Gasteiger partial charge in [0, 0.05) is 44.8 Å². The van der Waals surface area contributed by atoms with E-state index in [-0.39, 0.29) is 91.3 Å². The van der Waals surface area contributed by atoms with Gasteiger partial charge >= 0.3 is 21.1 Å². The van der Waals surface area contributed by atoms with E-state index in [9.17, 15) is 29.7 Å². The Labute approximate surface area is 254 Å². The van der Waals surface area contributed by atoms with Crippen molar-refractivity contribution in [3.05, 3.63) is 55.3 Å². The van der Waals surface area contributed by atoms with Crippen molar-refractivity contribution in [1.82, 2.24) is 0 Å². The molecule has 1 aliphatic rings. The summed E-state index contributed by atoms with van der Waals surface area (Å²) in [7, 11) is 2.76. The summed E-state index contributed by atoms with van der Waals surface area (Å²) in [5, 5.41) is 40.5. The van der Waals surface area contributed by atoms with Gasteiger partial charge in [-0.05, 0) is 54.8 Å². The average Bonchev–Trinajstić information content (AvgIpc) is 2.92. The molecule has 0 spiro atoms. The number of Topliss-reactive ketones (excluding diaryl/α,β-unsaturated/α-hetero) is 1. The number of hydrogen-bond donors (Lipinski definition) is 1. The molecule has 210 valence electrons. The number of hydrogen-bond acceptors (Lipinski definition) is 8. The number of carbonyl (C=O) groups excluding carboxylic acids is 1. The van der Waals surface area contributed by atoms with Crippen LogP contribution in [0.3, 0.4) is 0 Å². The minimum Gasteiger partial charge on any atom is -1.00 e. The number of rotatable bonds is 3. The largest absolute Gasteiger partial charge is 4.00 e. The van der Waals surface area contributed by atoms with Gasteiger partial charge in [0.15, 0.2) is 10.9 Å². The van der Waals surface area contributed by atoms with Gasteiger partial charge in [-0.25, -0.2) is 0 Å². The number of ketones is 1. The van der Waals surface area contributed by atoms with Gasteiger partial charge in [0.2, 0.25) is 0 Å². The van der Waals surface area contributed by atoms with Crippen molar-refractivity contribution in [3.8, 4) is 23.0 Å². The predicted octanol–water partition coefficient (Wildman–Crippen LogP) is -3.65. The Balaban J connectivity index is 0.00000147. The fourth-order valence-corrected chi connectivity index (χ4v) is 6.64. The van der Waals surface area contributed by atoms with E-state index in [4.69, 9.17) is 9.47 Å². The van der Waals surface area contributed by atoms with Crippen molar-refractivity contribution >= 4 is 48.9 Å². The average molecular weight is 764 g/mol.